The van der Waals surface area contributed by atoms with Gasteiger partial charge in [0, 0.05) is 31.6 Å². The van der Waals surface area contributed by atoms with Gasteiger partial charge in [-0.1, -0.05) is 12.1 Å². The molecule has 0 aliphatic carbocycles. The lowest BCUT2D eigenvalue weighted by Gasteiger charge is -2.32. The first-order valence-electron chi connectivity index (χ1n) is 8.52. The van der Waals surface area contributed by atoms with E-state index in [1.165, 1.54) is 12.1 Å². The molecule has 2 aromatic carbocycles. The Labute approximate surface area is 149 Å². The van der Waals surface area contributed by atoms with Crippen LogP contribution in [-0.4, -0.2) is 47.9 Å². The molecule has 0 spiro atoms. The average Bonchev–Trinajstić information content (AvgIpc) is 3.01. The van der Waals surface area contributed by atoms with E-state index in [0.29, 0.717) is 5.69 Å². The molecule has 1 aliphatic rings. The van der Waals surface area contributed by atoms with E-state index in [2.05, 4.69) is 16.8 Å². The summed E-state index contributed by atoms with van der Waals surface area (Å²) in [7, 11) is 2.09. The molecule has 0 unspecified atom stereocenters. The van der Waals surface area contributed by atoms with Crippen molar-refractivity contribution in [2.45, 2.75) is 6.18 Å². The van der Waals surface area contributed by atoms with Crippen LogP contribution in [0.25, 0.3) is 16.6 Å². The number of nitrogens with zero attached hydrogens (tertiary/aromatic N) is 4. The summed E-state index contributed by atoms with van der Waals surface area (Å²) in [6.45, 7) is 3.68. The Hall–Kier alpha value is -2.54. The first-order valence-corrected chi connectivity index (χ1v) is 8.52. The second-order valence-corrected chi connectivity index (χ2v) is 6.59. The Kier molecular flexibility index (Phi) is 4.11. The smallest absolute Gasteiger partial charge is 0.352 e. The first kappa shape index (κ1) is 16.9. The fourth-order valence-corrected chi connectivity index (χ4v) is 3.29. The predicted octanol–water partition coefficient (Wildman–Crippen LogP) is 3.80. The summed E-state index contributed by atoms with van der Waals surface area (Å²) in [5.41, 5.74) is 0.854. The maximum absolute atomic E-state index is 12.8. The third-order valence-electron chi connectivity index (χ3n) is 4.81. The highest BCUT2D eigenvalue weighted by molar-refractivity contribution is 5.91. The van der Waals surface area contributed by atoms with Gasteiger partial charge in [0.1, 0.15) is 0 Å². The number of halogens is 3. The Morgan fingerprint density at radius 1 is 0.885 bits per heavy atom. The molecule has 4 rings (SSSR count). The minimum absolute atomic E-state index is 0.620. The summed E-state index contributed by atoms with van der Waals surface area (Å²) >= 11 is 0. The summed E-state index contributed by atoms with van der Waals surface area (Å²) < 4.78 is 40.2. The molecule has 7 heteroatoms. The van der Waals surface area contributed by atoms with Crippen molar-refractivity contribution in [2.24, 2.45) is 0 Å². The van der Waals surface area contributed by atoms with Gasteiger partial charge in [0.25, 0.3) is 0 Å². The van der Waals surface area contributed by atoms with Gasteiger partial charge in [0.2, 0.25) is 0 Å². The highest BCUT2D eigenvalue weighted by Gasteiger charge is 2.30. The lowest BCUT2D eigenvalue weighted by Crippen LogP contribution is -2.44. The van der Waals surface area contributed by atoms with Crippen molar-refractivity contribution >= 4 is 16.7 Å². The second-order valence-electron chi connectivity index (χ2n) is 6.59. The fraction of sp³-hybridized carbons (Fsp3) is 0.316. The third kappa shape index (κ3) is 3.03. The van der Waals surface area contributed by atoms with Crippen LogP contribution in [-0.2, 0) is 6.18 Å². The number of hydrogen-bond acceptors (Lipinski definition) is 3. The molecule has 3 aromatic rings. The van der Waals surface area contributed by atoms with Crippen molar-refractivity contribution < 1.29 is 13.2 Å². The molecule has 1 saturated heterocycles. The van der Waals surface area contributed by atoms with Crippen LogP contribution < -0.4 is 4.90 Å². The third-order valence-corrected chi connectivity index (χ3v) is 4.81. The van der Waals surface area contributed by atoms with Gasteiger partial charge >= 0.3 is 6.18 Å². The lowest BCUT2D eigenvalue weighted by atomic mass is 10.2. The molecule has 0 N–H and O–H groups in total. The van der Waals surface area contributed by atoms with Crippen LogP contribution in [0.1, 0.15) is 5.56 Å². The van der Waals surface area contributed by atoms with E-state index in [4.69, 9.17) is 5.10 Å². The number of benzene rings is 2. The van der Waals surface area contributed by atoms with Crippen LogP contribution in [0.3, 0.4) is 0 Å². The quantitative estimate of drug-likeness (QED) is 0.695. The molecule has 0 atom stereocenters. The molecule has 2 heterocycles. The molecule has 0 bridgehead atoms. The standard InChI is InChI=1S/C19H19F3N4/c1-24-10-12-25(13-11-24)18-16-4-2-3-5-17(16)26(23-18)15-8-6-14(7-9-15)19(20,21)22/h2-9H,10-13H2,1H3. The Bertz CT molecular complexity index is 907. The number of rotatable bonds is 2. The number of likely N-dealkylation sites (N-methyl/N-ethyl adjacent to an activating group) is 1. The number of hydrogen-bond donors (Lipinski definition) is 0. The molecule has 0 amide bonds. The van der Waals surface area contributed by atoms with Gasteiger partial charge in [-0.15, -0.1) is 5.10 Å². The number of para-hydroxylation sites is 1. The normalized spacial score (nSPS) is 16.4. The Balaban J connectivity index is 1.76. The number of fused-ring (bicyclic) bond motifs is 1. The molecular weight excluding hydrogens is 341 g/mol. The highest BCUT2D eigenvalue weighted by Crippen LogP contribution is 2.32. The van der Waals surface area contributed by atoms with Crippen molar-refractivity contribution in [3.63, 3.8) is 0 Å². The van der Waals surface area contributed by atoms with Gasteiger partial charge < -0.3 is 9.80 Å². The van der Waals surface area contributed by atoms with Gasteiger partial charge in [-0.25, -0.2) is 4.68 Å². The number of anilines is 1. The molecule has 0 radical (unpaired) electrons. The maximum atomic E-state index is 12.8. The van der Waals surface area contributed by atoms with E-state index in [-0.39, 0.29) is 0 Å². The zero-order chi connectivity index (χ0) is 18.3. The monoisotopic (exact) mass is 360 g/mol. The van der Waals surface area contributed by atoms with Crippen molar-refractivity contribution in [1.82, 2.24) is 14.7 Å². The summed E-state index contributed by atoms with van der Waals surface area (Å²) in [4.78, 5) is 4.51. The summed E-state index contributed by atoms with van der Waals surface area (Å²) in [6, 6.07) is 13.0. The van der Waals surface area contributed by atoms with E-state index < -0.39 is 11.7 Å². The van der Waals surface area contributed by atoms with E-state index in [1.807, 2.05) is 24.3 Å². The van der Waals surface area contributed by atoms with Crippen LogP contribution in [0, 0.1) is 0 Å². The van der Waals surface area contributed by atoms with Crippen LogP contribution in [0.15, 0.2) is 48.5 Å². The average molecular weight is 360 g/mol. The number of alkyl halides is 3. The summed E-state index contributed by atoms with van der Waals surface area (Å²) in [5.74, 6) is 0.883. The van der Waals surface area contributed by atoms with E-state index in [1.54, 1.807) is 4.68 Å². The number of piperazine rings is 1. The Morgan fingerprint density at radius 3 is 2.19 bits per heavy atom. The fourth-order valence-electron chi connectivity index (χ4n) is 3.29. The van der Waals surface area contributed by atoms with E-state index in [9.17, 15) is 13.2 Å². The van der Waals surface area contributed by atoms with Crippen LogP contribution in [0.5, 0.6) is 0 Å². The van der Waals surface area contributed by atoms with Crippen molar-refractivity contribution in [3.05, 3.63) is 54.1 Å². The van der Waals surface area contributed by atoms with Crippen LogP contribution in [0.2, 0.25) is 0 Å². The summed E-state index contributed by atoms with van der Waals surface area (Å²) in [5, 5.41) is 5.75. The lowest BCUT2D eigenvalue weighted by molar-refractivity contribution is -0.137. The van der Waals surface area contributed by atoms with Crippen molar-refractivity contribution in [1.29, 1.82) is 0 Å². The first-order chi connectivity index (χ1) is 12.4. The van der Waals surface area contributed by atoms with E-state index in [0.717, 1.165) is 55.0 Å². The van der Waals surface area contributed by atoms with Gasteiger partial charge in [0.05, 0.1) is 16.8 Å². The molecule has 1 aromatic heterocycles. The molecule has 1 aliphatic heterocycles. The van der Waals surface area contributed by atoms with Gasteiger partial charge in [0.15, 0.2) is 5.82 Å². The zero-order valence-corrected chi connectivity index (χ0v) is 14.4. The predicted molar refractivity (Wildman–Crippen MR) is 95.8 cm³/mol. The largest absolute Gasteiger partial charge is 0.416 e. The molecule has 136 valence electrons. The van der Waals surface area contributed by atoms with Gasteiger partial charge in [-0.05, 0) is 43.4 Å². The van der Waals surface area contributed by atoms with Gasteiger partial charge in [-0.2, -0.15) is 13.2 Å². The molecule has 26 heavy (non-hydrogen) atoms. The van der Waals surface area contributed by atoms with Crippen LogP contribution >= 0.6 is 0 Å². The molecule has 1 fully saturated rings. The van der Waals surface area contributed by atoms with Gasteiger partial charge in [-0.3, -0.25) is 0 Å². The van der Waals surface area contributed by atoms with Crippen LogP contribution in [0.4, 0.5) is 19.0 Å². The molecule has 0 saturated carbocycles. The van der Waals surface area contributed by atoms with E-state index >= 15 is 0 Å². The van der Waals surface area contributed by atoms with Crippen molar-refractivity contribution in [3.8, 4) is 5.69 Å². The minimum Gasteiger partial charge on any atom is -0.352 e. The van der Waals surface area contributed by atoms with Crippen molar-refractivity contribution in [2.75, 3.05) is 38.1 Å². The molecular formula is C19H19F3N4. The minimum atomic E-state index is -4.34. The topological polar surface area (TPSA) is 24.3 Å². The Morgan fingerprint density at radius 2 is 1.54 bits per heavy atom. The summed E-state index contributed by atoms with van der Waals surface area (Å²) in [6.07, 6.45) is -4.34. The SMILES string of the molecule is CN1CCN(c2nn(-c3ccc(C(F)(F)F)cc3)c3ccccc23)CC1. The zero-order valence-electron chi connectivity index (χ0n) is 14.4. The second kappa shape index (κ2) is 6.32. The highest BCUT2D eigenvalue weighted by atomic mass is 19.4. The molecule has 4 nitrogen and oxygen atoms in total. The maximum Gasteiger partial charge on any atom is 0.416 e. The number of aromatic nitrogens is 2.